The van der Waals surface area contributed by atoms with Gasteiger partial charge in [0.25, 0.3) is 5.91 Å². The van der Waals surface area contributed by atoms with Crippen molar-refractivity contribution in [3.63, 3.8) is 0 Å². The van der Waals surface area contributed by atoms with Gasteiger partial charge in [-0.15, -0.1) is 0 Å². The number of benzene rings is 1. The van der Waals surface area contributed by atoms with E-state index in [0.29, 0.717) is 22.2 Å². The molecule has 1 unspecified atom stereocenters. The highest BCUT2D eigenvalue weighted by Gasteiger charge is 2.34. The van der Waals surface area contributed by atoms with Crippen molar-refractivity contribution in [3.8, 4) is 0 Å². The Bertz CT molecular complexity index is 613. The van der Waals surface area contributed by atoms with Crippen LogP contribution < -0.4 is 11.1 Å². The van der Waals surface area contributed by atoms with Crippen molar-refractivity contribution < 1.29 is 9.21 Å². The van der Waals surface area contributed by atoms with Crippen LogP contribution in [0.3, 0.4) is 0 Å². The van der Waals surface area contributed by atoms with Crippen LogP contribution in [0.25, 0.3) is 11.0 Å². The van der Waals surface area contributed by atoms with Crippen molar-refractivity contribution in [2.75, 3.05) is 0 Å². The van der Waals surface area contributed by atoms with E-state index in [1.165, 1.54) is 0 Å². The topological polar surface area (TPSA) is 68.3 Å². The van der Waals surface area contributed by atoms with E-state index in [0.717, 1.165) is 18.2 Å². The van der Waals surface area contributed by atoms with E-state index in [1.807, 2.05) is 24.3 Å². The highest BCUT2D eigenvalue weighted by atomic mass is 32.1. The van der Waals surface area contributed by atoms with Crippen LogP contribution in [-0.2, 0) is 0 Å². The van der Waals surface area contributed by atoms with Crippen LogP contribution >= 0.6 is 12.2 Å². The lowest BCUT2D eigenvalue weighted by molar-refractivity contribution is 0.0918. The number of furan rings is 1. The summed E-state index contributed by atoms with van der Waals surface area (Å²) in [5, 5.41) is 3.77. The fraction of sp³-hybridized carbons (Fsp3) is 0.286. The zero-order valence-corrected chi connectivity index (χ0v) is 11.1. The van der Waals surface area contributed by atoms with Gasteiger partial charge in [-0.05, 0) is 30.9 Å². The zero-order valence-electron chi connectivity index (χ0n) is 10.3. The van der Waals surface area contributed by atoms with Crippen LogP contribution in [0, 0.1) is 5.92 Å². The maximum Gasteiger partial charge on any atom is 0.287 e. The van der Waals surface area contributed by atoms with Crippen molar-refractivity contribution in [2.45, 2.75) is 18.9 Å². The number of thiocarbonyl (C=S) groups is 1. The first-order chi connectivity index (χ1) is 9.15. The third-order valence-electron chi connectivity index (χ3n) is 3.34. The number of carbonyl (C=O) groups is 1. The van der Waals surface area contributed by atoms with Gasteiger partial charge in [-0.1, -0.05) is 30.4 Å². The maximum absolute atomic E-state index is 12.1. The number of fused-ring (bicyclic) bond motifs is 1. The SMILES string of the molecule is NC(=S)C(NC(=O)c1cc2ccccc2o1)C1CC1. The van der Waals surface area contributed by atoms with Gasteiger partial charge < -0.3 is 15.5 Å². The average Bonchev–Trinajstić information content (AvgIpc) is 3.12. The van der Waals surface area contributed by atoms with Gasteiger partial charge in [-0.25, -0.2) is 0 Å². The lowest BCUT2D eigenvalue weighted by Gasteiger charge is -2.15. The summed E-state index contributed by atoms with van der Waals surface area (Å²) in [4.78, 5) is 12.5. The first kappa shape index (κ1) is 12.2. The lowest BCUT2D eigenvalue weighted by atomic mass is 10.2. The van der Waals surface area contributed by atoms with Crippen molar-refractivity contribution in [1.29, 1.82) is 0 Å². The number of hydrogen-bond acceptors (Lipinski definition) is 3. The fourth-order valence-corrected chi connectivity index (χ4v) is 2.41. The minimum atomic E-state index is -0.263. The fourth-order valence-electron chi connectivity index (χ4n) is 2.16. The molecule has 98 valence electrons. The van der Waals surface area contributed by atoms with Crippen LogP contribution in [0.2, 0.25) is 0 Å². The Kier molecular flexibility index (Phi) is 2.98. The molecule has 0 spiro atoms. The van der Waals surface area contributed by atoms with Crippen molar-refractivity contribution in [2.24, 2.45) is 11.7 Å². The molecule has 0 radical (unpaired) electrons. The Hall–Kier alpha value is -1.88. The number of amides is 1. The number of hydrogen-bond donors (Lipinski definition) is 2. The highest BCUT2D eigenvalue weighted by Crippen LogP contribution is 2.33. The summed E-state index contributed by atoms with van der Waals surface area (Å²) >= 11 is 5.00. The summed E-state index contributed by atoms with van der Waals surface area (Å²) in [7, 11) is 0. The molecule has 1 saturated carbocycles. The molecule has 1 amide bonds. The van der Waals surface area contributed by atoms with E-state index in [9.17, 15) is 4.79 Å². The Morgan fingerprint density at radius 1 is 1.42 bits per heavy atom. The van der Waals surface area contributed by atoms with Crippen LogP contribution in [0.15, 0.2) is 34.7 Å². The summed E-state index contributed by atoms with van der Waals surface area (Å²) in [5.41, 5.74) is 6.37. The second-order valence-corrected chi connectivity index (χ2v) is 5.31. The summed E-state index contributed by atoms with van der Waals surface area (Å²) in [6, 6.07) is 9.01. The molecule has 4 nitrogen and oxygen atoms in total. The molecular formula is C14H14N2O2S. The van der Waals surface area contributed by atoms with Gasteiger partial charge >= 0.3 is 0 Å². The van der Waals surface area contributed by atoms with Gasteiger partial charge in [0.05, 0.1) is 11.0 Å². The molecule has 1 heterocycles. The Morgan fingerprint density at radius 2 is 2.16 bits per heavy atom. The average molecular weight is 274 g/mol. The molecule has 19 heavy (non-hydrogen) atoms. The quantitative estimate of drug-likeness (QED) is 0.839. The van der Waals surface area contributed by atoms with Gasteiger partial charge in [0, 0.05) is 5.39 Å². The van der Waals surface area contributed by atoms with E-state index < -0.39 is 0 Å². The molecule has 0 saturated heterocycles. The smallest absolute Gasteiger partial charge is 0.287 e. The summed E-state index contributed by atoms with van der Waals surface area (Å²) in [6.07, 6.45) is 2.12. The van der Waals surface area contributed by atoms with Crippen molar-refractivity contribution in [3.05, 3.63) is 36.1 Å². The van der Waals surface area contributed by atoms with E-state index in [2.05, 4.69) is 5.32 Å². The molecule has 1 atom stereocenters. The summed E-state index contributed by atoms with van der Waals surface area (Å²) in [5.74, 6) is 0.412. The molecule has 0 bridgehead atoms. The zero-order chi connectivity index (χ0) is 13.4. The largest absolute Gasteiger partial charge is 0.451 e. The molecule has 1 aromatic carbocycles. The van der Waals surface area contributed by atoms with Gasteiger partial charge in [-0.2, -0.15) is 0 Å². The van der Waals surface area contributed by atoms with Gasteiger partial charge in [0.1, 0.15) is 5.58 Å². The molecule has 1 aliphatic carbocycles. The van der Waals surface area contributed by atoms with Crippen LogP contribution in [-0.4, -0.2) is 16.9 Å². The third-order valence-corrected chi connectivity index (χ3v) is 3.59. The summed E-state index contributed by atoms with van der Waals surface area (Å²) in [6.45, 7) is 0. The van der Waals surface area contributed by atoms with Crippen LogP contribution in [0.5, 0.6) is 0 Å². The molecule has 1 fully saturated rings. The lowest BCUT2D eigenvalue weighted by Crippen LogP contribution is -2.44. The second-order valence-electron chi connectivity index (χ2n) is 4.84. The normalized spacial score (nSPS) is 16.2. The number of nitrogens with one attached hydrogen (secondary N) is 1. The minimum absolute atomic E-state index is 0.226. The molecule has 1 aromatic heterocycles. The number of para-hydroxylation sites is 1. The number of rotatable bonds is 4. The first-order valence-electron chi connectivity index (χ1n) is 6.24. The van der Waals surface area contributed by atoms with Crippen molar-refractivity contribution >= 4 is 34.1 Å². The van der Waals surface area contributed by atoms with E-state index in [-0.39, 0.29) is 11.9 Å². The molecular weight excluding hydrogens is 260 g/mol. The highest BCUT2D eigenvalue weighted by molar-refractivity contribution is 7.80. The first-order valence-corrected chi connectivity index (χ1v) is 6.65. The minimum Gasteiger partial charge on any atom is -0.451 e. The molecule has 0 aliphatic heterocycles. The second kappa shape index (κ2) is 4.66. The van der Waals surface area contributed by atoms with Gasteiger partial charge in [0.2, 0.25) is 0 Å². The van der Waals surface area contributed by atoms with E-state index in [1.54, 1.807) is 6.07 Å². The van der Waals surface area contributed by atoms with E-state index >= 15 is 0 Å². The van der Waals surface area contributed by atoms with Crippen molar-refractivity contribution in [1.82, 2.24) is 5.32 Å². The molecule has 2 aromatic rings. The maximum atomic E-state index is 12.1. The Labute approximate surface area is 116 Å². The summed E-state index contributed by atoms with van der Waals surface area (Å²) < 4.78 is 5.51. The van der Waals surface area contributed by atoms with Gasteiger partial charge in [-0.3, -0.25) is 4.79 Å². The predicted octanol–water partition coefficient (Wildman–Crippen LogP) is 2.23. The Balaban J connectivity index is 1.81. The van der Waals surface area contributed by atoms with Gasteiger partial charge in [0.15, 0.2) is 5.76 Å². The Morgan fingerprint density at radius 3 is 2.79 bits per heavy atom. The molecule has 3 N–H and O–H groups in total. The van der Waals surface area contributed by atoms with Crippen LogP contribution in [0.1, 0.15) is 23.4 Å². The van der Waals surface area contributed by atoms with Crippen LogP contribution in [0.4, 0.5) is 0 Å². The van der Waals surface area contributed by atoms with E-state index in [4.69, 9.17) is 22.4 Å². The standard InChI is InChI=1S/C14H14N2O2S/c15-13(19)12(8-5-6-8)16-14(17)11-7-9-3-1-2-4-10(9)18-11/h1-4,7-8,12H,5-6H2,(H2,15,19)(H,16,17). The third kappa shape index (κ3) is 2.46. The number of carbonyl (C=O) groups excluding carboxylic acids is 1. The predicted molar refractivity (Wildman–Crippen MR) is 77.0 cm³/mol. The molecule has 1 aliphatic rings. The monoisotopic (exact) mass is 274 g/mol. The number of nitrogens with two attached hydrogens (primary N) is 1. The molecule has 5 heteroatoms. The molecule has 3 rings (SSSR count).